The number of nitrogens with zero attached hydrogens (tertiary/aromatic N) is 1. The van der Waals surface area contributed by atoms with Crippen LogP contribution in [-0.2, 0) is 4.79 Å². The van der Waals surface area contributed by atoms with E-state index in [0.717, 1.165) is 0 Å². The van der Waals surface area contributed by atoms with E-state index >= 15 is 0 Å². The Kier molecular flexibility index (Phi) is 5.61. The van der Waals surface area contributed by atoms with E-state index in [2.05, 4.69) is 10.6 Å². The SMILES string of the molecule is O=C(O)C[C@@H](NC(=O)c1cc(N2CCNC2=O)ccc1Cl)c1ccccc1. The van der Waals surface area contributed by atoms with Gasteiger partial charge in [-0.3, -0.25) is 14.5 Å². The minimum absolute atomic E-state index is 0.181. The number of hydrogen-bond acceptors (Lipinski definition) is 3. The Morgan fingerprint density at radius 1 is 1.22 bits per heavy atom. The van der Waals surface area contributed by atoms with E-state index in [-0.39, 0.29) is 23.0 Å². The van der Waals surface area contributed by atoms with Gasteiger partial charge in [-0.25, -0.2) is 4.79 Å². The molecule has 1 fully saturated rings. The number of aliphatic carboxylic acids is 1. The van der Waals surface area contributed by atoms with Crippen molar-refractivity contribution in [1.82, 2.24) is 10.6 Å². The molecule has 0 bridgehead atoms. The smallest absolute Gasteiger partial charge is 0.321 e. The van der Waals surface area contributed by atoms with Crippen LogP contribution in [0.2, 0.25) is 5.02 Å². The van der Waals surface area contributed by atoms with Gasteiger partial charge in [0.2, 0.25) is 0 Å². The number of carbonyl (C=O) groups excluding carboxylic acids is 2. The van der Waals surface area contributed by atoms with Crippen LogP contribution in [0.15, 0.2) is 48.5 Å². The summed E-state index contributed by atoms with van der Waals surface area (Å²) in [6.45, 7) is 1.02. The quantitative estimate of drug-likeness (QED) is 0.709. The topological polar surface area (TPSA) is 98.7 Å². The molecule has 3 rings (SSSR count). The number of hydrogen-bond donors (Lipinski definition) is 3. The van der Waals surface area contributed by atoms with Gasteiger partial charge in [0.1, 0.15) is 0 Å². The average molecular weight is 388 g/mol. The highest BCUT2D eigenvalue weighted by molar-refractivity contribution is 6.34. The van der Waals surface area contributed by atoms with Crippen LogP contribution in [-0.4, -0.2) is 36.1 Å². The van der Waals surface area contributed by atoms with Gasteiger partial charge in [-0.15, -0.1) is 0 Å². The van der Waals surface area contributed by atoms with Gasteiger partial charge in [0, 0.05) is 18.8 Å². The third-order valence-corrected chi connectivity index (χ3v) is 4.58. The van der Waals surface area contributed by atoms with Crippen molar-refractivity contribution in [2.24, 2.45) is 0 Å². The summed E-state index contributed by atoms with van der Waals surface area (Å²) in [5, 5.41) is 14.8. The zero-order valence-electron chi connectivity index (χ0n) is 14.3. The number of amides is 3. The van der Waals surface area contributed by atoms with E-state index in [0.29, 0.717) is 24.3 Å². The van der Waals surface area contributed by atoms with Gasteiger partial charge in [-0.05, 0) is 23.8 Å². The summed E-state index contributed by atoms with van der Waals surface area (Å²) in [4.78, 5) is 37.3. The molecule has 1 saturated heterocycles. The predicted molar refractivity (Wildman–Crippen MR) is 101 cm³/mol. The first-order valence-corrected chi connectivity index (χ1v) is 8.76. The fourth-order valence-electron chi connectivity index (χ4n) is 2.92. The lowest BCUT2D eigenvalue weighted by molar-refractivity contribution is -0.137. The summed E-state index contributed by atoms with van der Waals surface area (Å²) in [6.07, 6.45) is -0.262. The van der Waals surface area contributed by atoms with E-state index in [4.69, 9.17) is 11.6 Å². The molecule has 0 spiro atoms. The van der Waals surface area contributed by atoms with Crippen LogP contribution in [0.4, 0.5) is 10.5 Å². The number of halogens is 1. The zero-order valence-corrected chi connectivity index (χ0v) is 15.1. The lowest BCUT2D eigenvalue weighted by Crippen LogP contribution is -2.31. The highest BCUT2D eigenvalue weighted by atomic mass is 35.5. The second-order valence-electron chi connectivity index (χ2n) is 6.08. The van der Waals surface area contributed by atoms with E-state index in [1.54, 1.807) is 36.4 Å². The van der Waals surface area contributed by atoms with Gasteiger partial charge in [0.05, 0.1) is 23.0 Å². The van der Waals surface area contributed by atoms with Crippen molar-refractivity contribution < 1.29 is 19.5 Å². The highest BCUT2D eigenvalue weighted by Gasteiger charge is 2.24. The van der Waals surface area contributed by atoms with Gasteiger partial charge in [-0.2, -0.15) is 0 Å². The minimum Gasteiger partial charge on any atom is -0.481 e. The molecule has 3 N–H and O–H groups in total. The van der Waals surface area contributed by atoms with Gasteiger partial charge in [-0.1, -0.05) is 41.9 Å². The fraction of sp³-hybridized carbons (Fsp3) is 0.211. The monoisotopic (exact) mass is 387 g/mol. The molecule has 1 aliphatic heterocycles. The van der Waals surface area contributed by atoms with Gasteiger partial charge < -0.3 is 15.7 Å². The van der Waals surface area contributed by atoms with Crippen LogP contribution in [0.5, 0.6) is 0 Å². The van der Waals surface area contributed by atoms with E-state index < -0.39 is 17.9 Å². The molecule has 1 atom stereocenters. The number of benzene rings is 2. The molecule has 8 heteroatoms. The third-order valence-electron chi connectivity index (χ3n) is 4.25. The molecule has 27 heavy (non-hydrogen) atoms. The fourth-order valence-corrected chi connectivity index (χ4v) is 3.12. The molecule has 0 aliphatic carbocycles. The lowest BCUT2D eigenvalue weighted by atomic mass is 10.0. The van der Waals surface area contributed by atoms with Crippen LogP contribution in [0, 0.1) is 0 Å². The molecule has 2 aromatic rings. The first kappa shape index (κ1) is 18.7. The Morgan fingerprint density at radius 3 is 2.59 bits per heavy atom. The minimum atomic E-state index is -1.03. The van der Waals surface area contributed by atoms with Crippen molar-refractivity contribution in [3.8, 4) is 0 Å². The number of carbonyl (C=O) groups is 3. The summed E-state index contributed by atoms with van der Waals surface area (Å²) in [7, 11) is 0. The number of carboxylic acids is 1. The number of nitrogens with one attached hydrogen (secondary N) is 2. The number of urea groups is 1. The number of anilines is 1. The average Bonchev–Trinajstić information content (AvgIpc) is 3.08. The normalized spacial score (nSPS) is 14.6. The Bertz CT molecular complexity index is 873. The maximum Gasteiger partial charge on any atom is 0.321 e. The maximum absolute atomic E-state index is 12.8. The maximum atomic E-state index is 12.8. The summed E-state index contributed by atoms with van der Waals surface area (Å²) in [5.41, 5.74) is 1.41. The summed E-state index contributed by atoms with van der Waals surface area (Å²) >= 11 is 6.17. The van der Waals surface area contributed by atoms with Crippen molar-refractivity contribution in [1.29, 1.82) is 0 Å². The molecule has 140 valence electrons. The summed E-state index contributed by atoms with van der Waals surface area (Å²) in [5.74, 6) is -1.53. The Hall–Kier alpha value is -3.06. The van der Waals surface area contributed by atoms with Crippen LogP contribution in [0.25, 0.3) is 0 Å². The predicted octanol–water partition coefficient (Wildman–Crippen LogP) is 2.82. The molecule has 1 heterocycles. The molecular formula is C19H18ClN3O4. The van der Waals surface area contributed by atoms with Gasteiger partial charge >= 0.3 is 12.0 Å². The molecule has 2 aromatic carbocycles. The molecule has 0 radical (unpaired) electrons. The zero-order chi connectivity index (χ0) is 19.4. The lowest BCUT2D eigenvalue weighted by Gasteiger charge is -2.19. The molecule has 0 aromatic heterocycles. The molecule has 1 aliphatic rings. The third kappa shape index (κ3) is 4.38. The van der Waals surface area contributed by atoms with Crippen molar-refractivity contribution in [3.05, 3.63) is 64.7 Å². The first-order chi connectivity index (χ1) is 13.0. The molecule has 0 saturated carbocycles. The molecule has 3 amide bonds. The largest absolute Gasteiger partial charge is 0.481 e. The Labute approximate surface area is 160 Å². The second kappa shape index (κ2) is 8.09. The van der Waals surface area contributed by atoms with Crippen LogP contribution >= 0.6 is 11.6 Å². The van der Waals surface area contributed by atoms with Gasteiger partial charge in [0.25, 0.3) is 5.91 Å². The van der Waals surface area contributed by atoms with Crippen LogP contribution in [0.3, 0.4) is 0 Å². The summed E-state index contributed by atoms with van der Waals surface area (Å²) < 4.78 is 0. The molecular weight excluding hydrogens is 370 g/mol. The van der Waals surface area contributed by atoms with E-state index in [1.807, 2.05) is 6.07 Å². The second-order valence-corrected chi connectivity index (χ2v) is 6.49. The van der Waals surface area contributed by atoms with Crippen LogP contribution in [0.1, 0.15) is 28.4 Å². The van der Waals surface area contributed by atoms with Crippen molar-refractivity contribution in [2.45, 2.75) is 12.5 Å². The van der Waals surface area contributed by atoms with Gasteiger partial charge in [0.15, 0.2) is 0 Å². The Balaban J connectivity index is 1.85. The van der Waals surface area contributed by atoms with Crippen molar-refractivity contribution in [3.63, 3.8) is 0 Å². The number of carboxylic acid groups (broad SMARTS) is 1. The first-order valence-electron chi connectivity index (χ1n) is 8.38. The Morgan fingerprint density at radius 2 is 1.96 bits per heavy atom. The van der Waals surface area contributed by atoms with Crippen molar-refractivity contribution in [2.75, 3.05) is 18.0 Å². The standard InChI is InChI=1S/C19H18ClN3O4/c20-15-7-6-13(23-9-8-21-19(23)27)10-14(15)18(26)22-16(11-17(24)25)12-4-2-1-3-5-12/h1-7,10,16H,8-9,11H2,(H,21,27)(H,22,26)(H,24,25)/t16-/m1/s1. The van der Waals surface area contributed by atoms with E-state index in [9.17, 15) is 19.5 Å². The number of rotatable bonds is 6. The molecule has 7 nitrogen and oxygen atoms in total. The molecule has 0 unspecified atom stereocenters. The summed E-state index contributed by atoms with van der Waals surface area (Å²) in [6, 6.07) is 12.7. The van der Waals surface area contributed by atoms with Crippen LogP contribution < -0.4 is 15.5 Å². The van der Waals surface area contributed by atoms with Crippen molar-refractivity contribution >= 4 is 35.2 Å². The highest BCUT2D eigenvalue weighted by Crippen LogP contribution is 2.26. The van der Waals surface area contributed by atoms with E-state index in [1.165, 1.54) is 11.0 Å².